The Balaban J connectivity index is 1.83. The van der Waals surface area contributed by atoms with Gasteiger partial charge in [0.25, 0.3) is 10.2 Å². The fourth-order valence-electron chi connectivity index (χ4n) is 3.27. The molecule has 0 aromatic rings. The number of carboxylic acids is 1. The summed E-state index contributed by atoms with van der Waals surface area (Å²) in [7, 11) is -3.54. The summed E-state index contributed by atoms with van der Waals surface area (Å²) in [6, 6.07) is 0. The number of aliphatic carboxylic acids is 1. The highest BCUT2D eigenvalue weighted by atomic mass is 32.2. The van der Waals surface area contributed by atoms with E-state index in [2.05, 4.69) is 4.72 Å². The summed E-state index contributed by atoms with van der Waals surface area (Å²) in [4.78, 5) is 10.9. The van der Waals surface area contributed by atoms with Crippen molar-refractivity contribution in [1.82, 2.24) is 9.03 Å². The second kappa shape index (κ2) is 7.04. The molecule has 0 radical (unpaired) electrons. The van der Waals surface area contributed by atoms with Gasteiger partial charge in [0, 0.05) is 26.2 Å². The van der Waals surface area contributed by atoms with Crippen LogP contribution in [0.2, 0.25) is 0 Å². The monoisotopic (exact) mass is 320 g/mol. The maximum absolute atomic E-state index is 12.2. The molecule has 3 N–H and O–H groups in total. The minimum atomic E-state index is -3.54. The third-order valence-electron chi connectivity index (χ3n) is 4.72. The summed E-state index contributed by atoms with van der Waals surface area (Å²) < 4.78 is 28.4. The van der Waals surface area contributed by atoms with Crippen LogP contribution in [0.3, 0.4) is 0 Å². The molecule has 7 nitrogen and oxygen atoms in total. The predicted octanol–water partition coefficient (Wildman–Crippen LogP) is 0.0260. The number of hydrogen-bond acceptors (Lipinski definition) is 4. The lowest BCUT2D eigenvalue weighted by Gasteiger charge is -2.30. The number of nitrogens with zero attached hydrogens (tertiary/aromatic N) is 1. The van der Waals surface area contributed by atoms with Crippen molar-refractivity contribution in [3.63, 3.8) is 0 Å². The third kappa shape index (κ3) is 4.15. The normalized spacial score (nSPS) is 28.8. The van der Waals surface area contributed by atoms with Gasteiger partial charge in [0.1, 0.15) is 0 Å². The van der Waals surface area contributed by atoms with E-state index in [0.717, 1.165) is 19.3 Å². The van der Waals surface area contributed by atoms with E-state index in [4.69, 9.17) is 5.11 Å². The zero-order valence-electron chi connectivity index (χ0n) is 12.1. The molecule has 8 heteroatoms. The van der Waals surface area contributed by atoms with Gasteiger partial charge >= 0.3 is 5.97 Å². The standard InChI is InChI=1S/C13H24N2O5S/c16-9-12-3-1-2-11(12)8-14-21(19,20)15-6-4-10(5-7-15)13(17)18/h10-12,14,16H,1-9H2,(H,17,18). The number of nitrogens with one attached hydrogen (secondary N) is 1. The van der Waals surface area contributed by atoms with Crippen LogP contribution >= 0.6 is 0 Å². The SMILES string of the molecule is O=C(O)C1CCN(S(=O)(=O)NCC2CCCC2CO)CC1. The molecule has 2 aliphatic rings. The molecule has 1 heterocycles. The maximum Gasteiger partial charge on any atom is 0.306 e. The van der Waals surface area contributed by atoms with Crippen LogP contribution in [0, 0.1) is 17.8 Å². The van der Waals surface area contributed by atoms with Crippen molar-refractivity contribution in [3.05, 3.63) is 0 Å². The molecule has 0 amide bonds. The highest BCUT2D eigenvalue weighted by Crippen LogP contribution is 2.31. The van der Waals surface area contributed by atoms with Crippen LogP contribution in [-0.4, -0.2) is 55.1 Å². The molecule has 1 aliphatic heterocycles. The van der Waals surface area contributed by atoms with Gasteiger partial charge in [-0.1, -0.05) is 6.42 Å². The molecular formula is C13H24N2O5S. The van der Waals surface area contributed by atoms with Crippen LogP contribution in [0.15, 0.2) is 0 Å². The average molecular weight is 320 g/mol. The van der Waals surface area contributed by atoms with Crippen LogP contribution in [0.4, 0.5) is 0 Å². The molecule has 1 aliphatic carbocycles. The summed E-state index contributed by atoms with van der Waals surface area (Å²) in [6.45, 7) is 0.962. The fraction of sp³-hybridized carbons (Fsp3) is 0.923. The molecule has 0 aromatic carbocycles. The molecule has 2 unspecified atom stereocenters. The Kier molecular flexibility index (Phi) is 5.59. The van der Waals surface area contributed by atoms with Crippen LogP contribution < -0.4 is 4.72 Å². The molecule has 2 rings (SSSR count). The lowest BCUT2D eigenvalue weighted by atomic mass is 9.97. The molecule has 122 valence electrons. The summed E-state index contributed by atoms with van der Waals surface area (Å²) in [5.74, 6) is -0.909. The van der Waals surface area contributed by atoms with Crippen molar-refractivity contribution >= 4 is 16.2 Å². The van der Waals surface area contributed by atoms with Crippen molar-refractivity contribution in [3.8, 4) is 0 Å². The maximum atomic E-state index is 12.2. The van der Waals surface area contributed by atoms with E-state index in [1.165, 1.54) is 4.31 Å². The quantitative estimate of drug-likeness (QED) is 0.640. The van der Waals surface area contributed by atoms with Gasteiger partial charge in [-0.05, 0) is 37.5 Å². The van der Waals surface area contributed by atoms with E-state index in [1.54, 1.807) is 0 Å². The van der Waals surface area contributed by atoms with Crippen molar-refractivity contribution in [1.29, 1.82) is 0 Å². The van der Waals surface area contributed by atoms with Crippen LogP contribution in [-0.2, 0) is 15.0 Å². The predicted molar refractivity (Wildman–Crippen MR) is 76.8 cm³/mol. The van der Waals surface area contributed by atoms with Crippen LogP contribution in [0.25, 0.3) is 0 Å². The highest BCUT2D eigenvalue weighted by Gasteiger charge is 2.32. The largest absolute Gasteiger partial charge is 0.481 e. The number of carboxylic acid groups (broad SMARTS) is 1. The van der Waals surface area contributed by atoms with Gasteiger partial charge in [0.05, 0.1) is 5.92 Å². The van der Waals surface area contributed by atoms with Crippen molar-refractivity contribution in [2.45, 2.75) is 32.1 Å². The fourth-order valence-corrected chi connectivity index (χ4v) is 4.57. The second-order valence-corrected chi connectivity index (χ2v) is 7.75. The molecule has 0 bridgehead atoms. The highest BCUT2D eigenvalue weighted by molar-refractivity contribution is 7.87. The van der Waals surface area contributed by atoms with E-state index in [1.807, 2.05) is 0 Å². The first kappa shape index (κ1) is 16.7. The zero-order valence-corrected chi connectivity index (χ0v) is 12.9. The van der Waals surface area contributed by atoms with E-state index in [0.29, 0.717) is 19.4 Å². The van der Waals surface area contributed by atoms with Gasteiger partial charge < -0.3 is 10.2 Å². The topological polar surface area (TPSA) is 107 Å². The number of aliphatic hydroxyl groups excluding tert-OH is 1. The number of piperidine rings is 1. The number of carbonyl (C=O) groups is 1. The number of rotatable bonds is 6. The Morgan fingerprint density at radius 3 is 2.33 bits per heavy atom. The zero-order chi connectivity index (χ0) is 15.5. The lowest BCUT2D eigenvalue weighted by Crippen LogP contribution is -2.47. The summed E-state index contributed by atoms with van der Waals surface area (Å²) in [5, 5.41) is 18.2. The first-order valence-electron chi connectivity index (χ1n) is 7.52. The molecule has 21 heavy (non-hydrogen) atoms. The van der Waals surface area contributed by atoms with Crippen molar-refractivity contribution < 1.29 is 23.4 Å². The summed E-state index contributed by atoms with van der Waals surface area (Å²) in [6.07, 6.45) is 3.64. The van der Waals surface area contributed by atoms with Gasteiger partial charge in [-0.3, -0.25) is 4.79 Å². The smallest absolute Gasteiger partial charge is 0.306 e. The summed E-state index contributed by atoms with van der Waals surface area (Å²) >= 11 is 0. The molecule has 0 spiro atoms. The van der Waals surface area contributed by atoms with Gasteiger partial charge in [-0.2, -0.15) is 12.7 Å². The number of hydrogen-bond donors (Lipinski definition) is 3. The first-order valence-corrected chi connectivity index (χ1v) is 8.96. The molecule has 2 atom stereocenters. The van der Waals surface area contributed by atoms with Gasteiger partial charge in [0.15, 0.2) is 0 Å². The third-order valence-corrected chi connectivity index (χ3v) is 6.30. The average Bonchev–Trinajstić information content (AvgIpc) is 2.93. The molecule has 2 fully saturated rings. The Labute approximate surface area is 125 Å². The van der Waals surface area contributed by atoms with E-state index in [-0.39, 0.29) is 31.5 Å². The lowest BCUT2D eigenvalue weighted by molar-refractivity contribution is -0.142. The summed E-state index contributed by atoms with van der Waals surface area (Å²) in [5.41, 5.74) is 0. The Morgan fingerprint density at radius 2 is 1.76 bits per heavy atom. The van der Waals surface area contributed by atoms with Gasteiger partial charge in [-0.15, -0.1) is 0 Å². The Bertz CT molecular complexity index is 459. The molecule has 1 saturated carbocycles. The van der Waals surface area contributed by atoms with E-state index < -0.39 is 22.1 Å². The minimum absolute atomic E-state index is 0.108. The van der Waals surface area contributed by atoms with Crippen molar-refractivity contribution in [2.24, 2.45) is 17.8 Å². The van der Waals surface area contributed by atoms with Gasteiger partial charge in [0.2, 0.25) is 0 Å². The second-order valence-electron chi connectivity index (χ2n) is 6.00. The first-order chi connectivity index (χ1) is 9.94. The van der Waals surface area contributed by atoms with E-state index in [9.17, 15) is 18.3 Å². The Morgan fingerprint density at radius 1 is 1.14 bits per heavy atom. The molecular weight excluding hydrogens is 296 g/mol. The van der Waals surface area contributed by atoms with Crippen LogP contribution in [0.5, 0.6) is 0 Å². The number of aliphatic hydroxyl groups is 1. The minimum Gasteiger partial charge on any atom is -0.481 e. The molecule has 1 saturated heterocycles. The van der Waals surface area contributed by atoms with Crippen molar-refractivity contribution in [2.75, 3.05) is 26.2 Å². The van der Waals surface area contributed by atoms with Gasteiger partial charge in [-0.25, -0.2) is 4.72 Å². The molecule has 0 aromatic heterocycles. The van der Waals surface area contributed by atoms with Crippen LogP contribution in [0.1, 0.15) is 32.1 Å². The Hall–Kier alpha value is -0.700. The van der Waals surface area contributed by atoms with E-state index >= 15 is 0 Å².